The van der Waals surface area contributed by atoms with Gasteiger partial charge in [-0.15, -0.1) is 0 Å². The molecule has 0 saturated carbocycles. The van der Waals surface area contributed by atoms with Crippen LogP contribution in [0.1, 0.15) is 0 Å². The fourth-order valence-corrected chi connectivity index (χ4v) is 9.21. The monoisotopic (exact) mass is 1020 g/mol. The maximum atomic E-state index is 11.5. The molecule has 12 bridgehead atoms. The van der Waals surface area contributed by atoms with Crippen molar-refractivity contribution >= 4 is 0 Å². The Labute approximate surface area is 388 Å². The van der Waals surface area contributed by atoms with Crippen LogP contribution in [0.4, 0.5) is 0 Å². The molecule has 22 saturated heterocycles. The lowest BCUT2D eigenvalue weighted by Crippen LogP contribution is -2.69. The summed E-state index contributed by atoms with van der Waals surface area (Å²) in [5.74, 6) is 0. The summed E-state index contributed by atoms with van der Waals surface area (Å²) < 4.78 is 73.2. The Kier molecular flexibility index (Phi) is 18.9. The highest BCUT2D eigenvalue weighted by molar-refractivity contribution is 5.01. The van der Waals surface area contributed by atoms with Gasteiger partial charge in [-0.3, -0.25) is 0 Å². The molecule has 30 atom stereocenters. The van der Waals surface area contributed by atoms with Crippen LogP contribution >= 0.6 is 0 Å². The lowest BCUT2D eigenvalue weighted by Gasteiger charge is -2.51. The first-order valence-electron chi connectivity index (χ1n) is 21.8. The summed E-state index contributed by atoms with van der Waals surface area (Å²) in [6, 6.07) is 0. The fraction of sp³-hybridized carbons (Fsp3) is 1.00. The molecule has 0 unspecified atom stereocenters. The predicted octanol–water partition coefficient (Wildman–Crippen LogP) is -13.8. The molecule has 0 aromatic carbocycles. The number of aliphatic hydroxyl groups excluding tert-OH is 18. The van der Waals surface area contributed by atoms with Gasteiger partial charge in [0.25, 0.3) is 6.48 Å². The van der Waals surface area contributed by atoms with Crippen LogP contribution in [0.5, 0.6) is 0 Å². The molecule has 22 heterocycles. The molecule has 32 heteroatoms. The Bertz CT molecular complexity index is 1580. The minimum absolute atomic E-state index is 1.01. The minimum Gasteiger partial charge on any atom is -0.394 e. The maximum absolute atomic E-state index is 11.5. The van der Waals surface area contributed by atoms with Gasteiger partial charge in [0.1, 0.15) is 146 Å². The molecule has 0 amide bonds. The van der Waals surface area contributed by atoms with Gasteiger partial charge in [0, 0.05) is 0 Å². The number of hydrogen-bond acceptors (Lipinski definition) is 32. The van der Waals surface area contributed by atoms with E-state index in [1.807, 2.05) is 0 Å². The van der Waals surface area contributed by atoms with Crippen LogP contribution in [0.15, 0.2) is 0 Å². The van der Waals surface area contributed by atoms with E-state index >= 15 is 0 Å². The molecule has 22 fully saturated rings. The first-order chi connectivity index (χ1) is 32.8. The quantitative estimate of drug-likeness (QED) is 0.100. The maximum Gasteiger partial charge on any atom is 0.266 e. The van der Waals surface area contributed by atoms with Crippen LogP contribution in [0.2, 0.25) is 0 Å². The van der Waals surface area contributed by atoms with Gasteiger partial charge >= 0.3 is 0 Å². The van der Waals surface area contributed by atoms with E-state index < -0.39 is 230 Å². The van der Waals surface area contributed by atoms with Crippen molar-refractivity contribution in [3.63, 3.8) is 0 Å². The van der Waals surface area contributed by atoms with E-state index in [1.165, 1.54) is 0 Å². The van der Waals surface area contributed by atoms with Gasteiger partial charge in [-0.2, -0.15) is 0 Å². The van der Waals surface area contributed by atoms with Crippen molar-refractivity contribution in [3.8, 4) is 0 Å². The minimum atomic E-state index is -2.71. The van der Waals surface area contributed by atoms with E-state index in [2.05, 4.69) is 0 Å². The van der Waals surface area contributed by atoms with Gasteiger partial charge in [0.15, 0.2) is 37.7 Å². The molecule has 22 aliphatic rings. The summed E-state index contributed by atoms with van der Waals surface area (Å²) in [4.78, 5) is 0. The van der Waals surface area contributed by atoms with E-state index in [9.17, 15) is 97.0 Å². The Morgan fingerprint density at radius 3 is 0.652 bits per heavy atom. The first-order valence-corrected chi connectivity index (χ1v) is 21.8. The van der Waals surface area contributed by atoms with Crippen LogP contribution < -0.4 is 0 Å². The SMILES string of the molecule is OC[C@H]1O[C@@H]2O[C@H]3[C@H](O)[C@@H](O)[C@@H](O[C@H]4[C@H](O)[C@@H](O)[C@@H](O[C@H]5[C@H](O)[C@@H](O)[C@@H](O[C@H]6[C@H](O)[C@@H](O)[C@@H](O[C@H]7[C@H](O)[C@@H](O)[C@@H](O[C@@H]1[C@H](OC(O)O)[C@H]2O)O[C@@H]7CO)O[C@@H]6CO)O[C@@H]5CO)O[C@@H]4CO)O[C@@H]3CO. The largest absolute Gasteiger partial charge is 0.394 e. The number of rotatable bonds is 8. The molecule has 0 aromatic heterocycles. The van der Waals surface area contributed by atoms with Crippen LogP contribution in [0.3, 0.4) is 0 Å². The molecule has 69 heavy (non-hydrogen) atoms. The van der Waals surface area contributed by atoms with Gasteiger partial charge in [0.2, 0.25) is 0 Å². The average Bonchev–Trinajstić information content (AvgIpc) is 3.33. The van der Waals surface area contributed by atoms with Crippen molar-refractivity contribution in [3.05, 3.63) is 0 Å². The average molecular weight is 1020 g/mol. The summed E-state index contributed by atoms with van der Waals surface area (Å²) in [6.45, 7) is -8.94. The van der Waals surface area contributed by atoms with Crippen LogP contribution in [-0.4, -0.2) is 327 Å². The van der Waals surface area contributed by atoms with Crippen molar-refractivity contribution in [2.24, 2.45) is 0 Å². The Morgan fingerprint density at radius 2 is 0.449 bits per heavy atom. The Morgan fingerprint density at radius 1 is 0.261 bits per heavy atom. The fourth-order valence-electron chi connectivity index (χ4n) is 9.21. The molecule has 402 valence electrons. The van der Waals surface area contributed by atoms with Gasteiger partial charge in [-0.1, -0.05) is 0 Å². The molecule has 0 radical (unpaired) electrons. The molecule has 22 rings (SSSR count). The highest BCUT2D eigenvalue weighted by Gasteiger charge is 2.59. The van der Waals surface area contributed by atoms with Crippen LogP contribution in [0, 0.1) is 0 Å². The predicted molar refractivity (Wildman–Crippen MR) is 203 cm³/mol. The third kappa shape index (κ3) is 11.1. The summed E-state index contributed by atoms with van der Waals surface area (Å²) >= 11 is 0. The highest BCUT2D eigenvalue weighted by atomic mass is 16.8. The third-order valence-corrected chi connectivity index (χ3v) is 12.9. The number of ether oxygens (including phenoxy) is 13. The molecule has 0 spiro atoms. The van der Waals surface area contributed by atoms with Gasteiger partial charge in [0.05, 0.1) is 39.6 Å². The second-order valence-corrected chi connectivity index (χ2v) is 17.3. The lowest BCUT2D eigenvalue weighted by molar-refractivity contribution is -0.411. The number of aliphatic hydroxyl groups is 19. The van der Waals surface area contributed by atoms with Crippen molar-refractivity contribution in [2.75, 3.05) is 39.6 Å². The van der Waals surface area contributed by atoms with E-state index in [4.69, 9.17) is 61.6 Å². The number of hydrogen-bond donors (Lipinski definition) is 19. The van der Waals surface area contributed by atoms with Gasteiger partial charge < -0.3 is 159 Å². The zero-order valence-electron chi connectivity index (χ0n) is 35.9. The molecular formula is C37H62O32. The van der Waals surface area contributed by atoms with E-state index in [1.54, 1.807) is 0 Å². The van der Waals surface area contributed by atoms with Crippen molar-refractivity contribution in [2.45, 2.75) is 191 Å². The molecule has 19 N–H and O–H groups in total. The first kappa shape index (κ1) is 55.5. The van der Waals surface area contributed by atoms with E-state index in [0.29, 0.717) is 0 Å². The summed E-state index contributed by atoms with van der Waals surface area (Å²) in [6.07, 6.45) is -59.9. The lowest BCUT2D eigenvalue weighted by atomic mass is 9.94. The molecular weight excluding hydrogens is 956 g/mol. The van der Waals surface area contributed by atoms with Gasteiger partial charge in [-0.25, -0.2) is 0 Å². The van der Waals surface area contributed by atoms with Gasteiger partial charge in [-0.05, 0) is 0 Å². The third-order valence-electron chi connectivity index (χ3n) is 12.9. The summed E-state index contributed by atoms with van der Waals surface area (Å²) in [7, 11) is 0. The zero-order valence-corrected chi connectivity index (χ0v) is 35.9. The second-order valence-electron chi connectivity index (χ2n) is 17.3. The molecule has 0 aliphatic carbocycles. The Hall–Kier alpha value is -1.28. The highest BCUT2D eigenvalue weighted by Crippen LogP contribution is 2.38. The topological polar surface area (TPSA) is 504 Å². The second kappa shape index (κ2) is 23.5. The summed E-state index contributed by atoms with van der Waals surface area (Å²) in [5.41, 5.74) is 0. The molecule has 22 aliphatic heterocycles. The summed E-state index contributed by atoms with van der Waals surface area (Å²) in [5, 5.41) is 205. The van der Waals surface area contributed by atoms with Crippen molar-refractivity contribution in [1.82, 2.24) is 0 Å². The molecule has 0 aromatic rings. The van der Waals surface area contributed by atoms with Crippen molar-refractivity contribution < 1.29 is 159 Å². The molecule has 32 nitrogen and oxygen atoms in total. The normalized spacial score (nSPS) is 53.6. The van der Waals surface area contributed by atoms with E-state index in [-0.39, 0.29) is 0 Å². The van der Waals surface area contributed by atoms with E-state index in [0.717, 1.165) is 0 Å². The van der Waals surface area contributed by atoms with Crippen LogP contribution in [-0.2, 0) is 61.6 Å². The Balaban J connectivity index is 1.21. The van der Waals surface area contributed by atoms with Crippen molar-refractivity contribution in [1.29, 1.82) is 0 Å². The standard InChI is InChI=1S/C37H62O32/c38-1-7-24-13(44)18(49)31(57-7)64-25-8(2-39)59-33(20(51)15(25)46)66-27-10(4-41)61-35(22(53)17(27)48)68-29-12(6-43)62-36(23(54)30(29)69-37(55)56)67-28-11(5-42)60-34(21(52)16(28)47)65-26-9(3-40)58-32(63-24)19(50)14(26)45/h7-56H,1-6H2/t7-,8-,9-,10-,11-,12-,13-,14-,15-,16-,17-,18-,19-,20-,21-,22-,23-,24-,25-,26-,27-,28-,29+,30-,31-,32-,33-,34-,35-,36-/m1/s1. The zero-order chi connectivity index (χ0) is 50.3. The smallest absolute Gasteiger partial charge is 0.266 e. The van der Waals surface area contributed by atoms with Crippen LogP contribution in [0.25, 0.3) is 0 Å².